The molecular formula is C65H53NS. The van der Waals surface area contributed by atoms with Crippen molar-refractivity contribution >= 4 is 48.6 Å². The first-order chi connectivity index (χ1) is 32.4. The summed E-state index contributed by atoms with van der Waals surface area (Å²) in [6.07, 6.45) is 1.12. The Labute approximate surface area is 399 Å². The van der Waals surface area contributed by atoms with Gasteiger partial charge in [0.1, 0.15) is 0 Å². The zero-order chi connectivity index (χ0) is 45.5. The van der Waals surface area contributed by atoms with Gasteiger partial charge in [-0.05, 0) is 144 Å². The molecular weight excluding hydrogens is 827 g/mol. The fraction of sp³-hybridized carbons (Fsp3) is 0.169. The Hall–Kier alpha value is -7.00. The molecule has 3 aliphatic carbocycles. The van der Waals surface area contributed by atoms with Crippen molar-refractivity contribution in [1.82, 2.24) is 0 Å². The summed E-state index contributed by atoms with van der Waals surface area (Å²) in [5.74, 6) is 0. The van der Waals surface area contributed by atoms with Crippen LogP contribution in [0.1, 0.15) is 92.5 Å². The van der Waals surface area contributed by atoms with Gasteiger partial charge in [-0.2, -0.15) is 0 Å². The SMILES string of the molecule is CC1(C)CC(C)(C)c2cc3c(cc21)-c1c(-c2ccc(N(c4ccc5c(c4)-c4ccccc4C5(C)C)c4ccc5c(c4)sc4ccccc45)cc2)cccc1C3(c1ccccc1)c1ccccc1. The minimum Gasteiger partial charge on any atom is -0.310 e. The second kappa shape index (κ2) is 14.3. The van der Waals surface area contributed by atoms with Gasteiger partial charge < -0.3 is 4.90 Å². The molecule has 1 heterocycles. The van der Waals surface area contributed by atoms with E-state index < -0.39 is 5.41 Å². The third kappa shape index (κ3) is 5.72. The van der Waals surface area contributed by atoms with Gasteiger partial charge in [0.05, 0.1) is 5.41 Å². The van der Waals surface area contributed by atoms with Gasteiger partial charge in [0.2, 0.25) is 0 Å². The molecule has 0 spiro atoms. The van der Waals surface area contributed by atoms with Gasteiger partial charge in [-0.1, -0.05) is 193 Å². The van der Waals surface area contributed by atoms with Gasteiger partial charge in [-0.25, -0.2) is 0 Å². The first-order valence-electron chi connectivity index (χ1n) is 24.0. The van der Waals surface area contributed by atoms with Gasteiger partial charge >= 0.3 is 0 Å². The van der Waals surface area contributed by atoms with E-state index in [1.54, 1.807) is 0 Å². The fourth-order valence-corrected chi connectivity index (χ4v) is 14.3. The molecule has 1 nitrogen and oxygen atoms in total. The second-order valence-corrected chi connectivity index (χ2v) is 22.2. The van der Waals surface area contributed by atoms with Crippen LogP contribution in [0, 0.1) is 0 Å². The Morgan fingerprint density at radius 3 is 1.69 bits per heavy atom. The van der Waals surface area contributed by atoms with Gasteiger partial charge in [-0.15, -0.1) is 11.3 Å². The predicted octanol–water partition coefficient (Wildman–Crippen LogP) is 17.8. The highest BCUT2D eigenvalue weighted by molar-refractivity contribution is 7.25. The van der Waals surface area contributed by atoms with Crippen LogP contribution in [0.4, 0.5) is 17.1 Å². The molecule has 1 aromatic heterocycles. The normalized spacial score (nSPS) is 16.3. The molecule has 0 aliphatic heterocycles. The lowest BCUT2D eigenvalue weighted by molar-refractivity contribution is 0.403. The molecule has 9 aromatic carbocycles. The zero-order valence-corrected chi connectivity index (χ0v) is 39.9. The van der Waals surface area contributed by atoms with E-state index in [-0.39, 0.29) is 16.2 Å². The third-order valence-electron chi connectivity index (χ3n) is 15.9. The average Bonchev–Trinajstić information content (AvgIpc) is 4.00. The highest BCUT2D eigenvalue weighted by Gasteiger charge is 2.50. The first kappa shape index (κ1) is 40.3. The van der Waals surface area contributed by atoms with Crippen LogP contribution < -0.4 is 4.90 Å². The number of anilines is 3. The molecule has 0 radical (unpaired) electrons. The van der Waals surface area contributed by atoms with Crippen molar-refractivity contribution in [3.8, 4) is 33.4 Å². The van der Waals surface area contributed by atoms with Gasteiger partial charge in [0.15, 0.2) is 0 Å². The summed E-state index contributed by atoms with van der Waals surface area (Å²) in [6.45, 7) is 14.5. The van der Waals surface area contributed by atoms with E-state index in [2.05, 4.69) is 247 Å². The monoisotopic (exact) mass is 879 g/mol. The smallest absolute Gasteiger partial charge is 0.0713 e. The third-order valence-corrected chi connectivity index (χ3v) is 17.1. The lowest BCUT2D eigenvalue weighted by Crippen LogP contribution is -2.29. The number of benzene rings is 9. The van der Waals surface area contributed by atoms with Crippen molar-refractivity contribution in [3.63, 3.8) is 0 Å². The fourth-order valence-electron chi connectivity index (χ4n) is 13.2. The zero-order valence-electron chi connectivity index (χ0n) is 39.1. The summed E-state index contributed by atoms with van der Waals surface area (Å²) >= 11 is 1.88. The van der Waals surface area contributed by atoms with E-state index in [4.69, 9.17) is 0 Å². The minimum atomic E-state index is -0.482. The molecule has 0 atom stereocenters. The Bertz CT molecular complexity index is 3590. The predicted molar refractivity (Wildman–Crippen MR) is 285 cm³/mol. The van der Waals surface area contributed by atoms with E-state index in [0.717, 1.165) is 23.5 Å². The lowest BCUT2D eigenvalue weighted by atomic mass is 9.67. The first-order valence-corrected chi connectivity index (χ1v) is 24.8. The van der Waals surface area contributed by atoms with Gasteiger partial charge in [0, 0.05) is 42.6 Å². The second-order valence-electron chi connectivity index (χ2n) is 21.2. The maximum absolute atomic E-state index is 2.62. The van der Waals surface area contributed by atoms with Crippen molar-refractivity contribution < 1.29 is 0 Å². The molecule has 3 aliphatic rings. The molecule has 0 saturated carbocycles. The minimum absolute atomic E-state index is 0.0617. The molecule has 0 amide bonds. The molecule has 67 heavy (non-hydrogen) atoms. The molecule has 0 saturated heterocycles. The maximum Gasteiger partial charge on any atom is 0.0713 e. The summed E-state index contributed by atoms with van der Waals surface area (Å²) in [5.41, 5.74) is 21.9. The highest BCUT2D eigenvalue weighted by Crippen LogP contribution is 2.62. The highest BCUT2D eigenvalue weighted by atomic mass is 32.1. The summed E-state index contributed by atoms with van der Waals surface area (Å²) in [4.78, 5) is 2.47. The number of rotatable bonds is 6. The molecule has 0 fully saturated rings. The molecule has 13 rings (SSSR count). The lowest BCUT2D eigenvalue weighted by Gasteiger charge is -2.34. The Balaban J connectivity index is 1.01. The molecule has 0 N–H and O–H groups in total. The van der Waals surface area contributed by atoms with Crippen LogP contribution >= 0.6 is 11.3 Å². The largest absolute Gasteiger partial charge is 0.310 e. The summed E-state index contributed by atoms with van der Waals surface area (Å²) in [7, 11) is 0. The van der Waals surface area contributed by atoms with Crippen molar-refractivity contribution in [2.45, 2.75) is 69.6 Å². The Morgan fingerprint density at radius 2 is 0.940 bits per heavy atom. The number of hydrogen-bond donors (Lipinski definition) is 0. The quantitative estimate of drug-likeness (QED) is 0.161. The molecule has 0 unspecified atom stereocenters. The van der Waals surface area contributed by atoms with E-state index in [1.807, 2.05) is 11.3 Å². The van der Waals surface area contributed by atoms with Gasteiger partial charge in [-0.3, -0.25) is 0 Å². The van der Waals surface area contributed by atoms with Crippen LogP contribution in [0.5, 0.6) is 0 Å². The van der Waals surface area contributed by atoms with E-state index in [0.29, 0.717) is 0 Å². The number of hydrogen-bond acceptors (Lipinski definition) is 2. The van der Waals surface area contributed by atoms with E-state index in [9.17, 15) is 0 Å². The van der Waals surface area contributed by atoms with Crippen LogP contribution in [0.2, 0.25) is 0 Å². The molecule has 0 bridgehead atoms. The van der Waals surface area contributed by atoms with Crippen LogP contribution in [-0.2, 0) is 21.7 Å². The van der Waals surface area contributed by atoms with E-state index in [1.165, 1.54) is 98.1 Å². The number of nitrogens with zero attached hydrogens (tertiary/aromatic N) is 1. The topological polar surface area (TPSA) is 3.24 Å². The number of fused-ring (bicyclic) bond motifs is 10. The Morgan fingerprint density at radius 1 is 0.373 bits per heavy atom. The van der Waals surface area contributed by atoms with Crippen LogP contribution in [0.15, 0.2) is 200 Å². The van der Waals surface area contributed by atoms with E-state index >= 15 is 0 Å². The maximum atomic E-state index is 2.62. The van der Waals surface area contributed by atoms with Crippen molar-refractivity contribution in [2.75, 3.05) is 4.90 Å². The standard InChI is InChI=1S/C65H53NS/c1-62(2)40-63(3,4)58-39-56-52(38-57(58)62)61-47(24-17-26-55(61)65(56,42-18-9-7-10-19-42)43-20-11-8-12-21-43)41-28-30-44(31-29-41)66(46-32-34-50-49-23-14-16-27-59(49)67-60(50)37-46)45-33-35-54-51(36-45)48-22-13-15-25-53(48)64(54,5)6/h7-39H,40H2,1-6H3. The van der Waals surface area contributed by atoms with Crippen molar-refractivity contribution in [1.29, 1.82) is 0 Å². The molecule has 324 valence electrons. The van der Waals surface area contributed by atoms with Crippen LogP contribution in [-0.4, -0.2) is 0 Å². The van der Waals surface area contributed by atoms with Crippen LogP contribution in [0.25, 0.3) is 53.6 Å². The molecule has 2 heteroatoms. The van der Waals surface area contributed by atoms with Crippen LogP contribution in [0.3, 0.4) is 0 Å². The summed E-state index contributed by atoms with van der Waals surface area (Å²) in [5, 5.41) is 2.63. The number of thiophene rings is 1. The van der Waals surface area contributed by atoms with Gasteiger partial charge in [0.25, 0.3) is 0 Å². The van der Waals surface area contributed by atoms with Crippen molar-refractivity contribution in [2.24, 2.45) is 0 Å². The summed E-state index contributed by atoms with van der Waals surface area (Å²) < 4.78 is 2.62. The average molecular weight is 880 g/mol. The Kier molecular flexibility index (Phi) is 8.57. The summed E-state index contributed by atoms with van der Waals surface area (Å²) in [6, 6.07) is 76.2. The van der Waals surface area contributed by atoms with Crippen molar-refractivity contribution in [3.05, 3.63) is 245 Å². The molecule has 10 aromatic rings.